The molecule has 0 spiro atoms. The van der Waals surface area contributed by atoms with Crippen LogP contribution < -0.4 is 0 Å². The second-order valence-electron chi connectivity index (χ2n) is 4.64. The van der Waals surface area contributed by atoms with Crippen LogP contribution in [0.3, 0.4) is 0 Å². The molecular formula is C14H16F2N2O. The molecule has 0 bridgehead atoms. The smallest absolute Gasteiger partial charge is 0.164 e. The van der Waals surface area contributed by atoms with Gasteiger partial charge in [-0.25, -0.2) is 8.78 Å². The Morgan fingerprint density at radius 1 is 1.26 bits per heavy atom. The first-order valence-electron chi connectivity index (χ1n) is 6.04. The van der Waals surface area contributed by atoms with Gasteiger partial charge in [-0.2, -0.15) is 5.10 Å². The van der Waals surface area contributed by atoms with E-state index in [0.29, 0.717) is 0 Å². The molecular weight excluding hydrogens is 250 g/mol. The van der Waals surface area contributed by atoms with E-state index in [-0.39, 0.29) is 12.1 Å². The molecule has 2 rings (SSSR count). The summed E-state index contributed by atoms with van der Waals surface area (Å²) >= 11 is 0. The Labute approximate surface area is 110 Å². The number of hydrogen-bond donors (Lipinski definition) is 1. The van der Waals surface area contributed by atoms with Crippen molar-refractivity contribution in [2.24, 2.45) is 0 Å². The molecule has 1 aromatic heterocycles. The number of halogens is 2. The third kappa shape index (κ3) is 2.51. The van der Waals surface area contributed by atoms with E-state index >= 15 is 0 Å². The summed E-state index contributed by atoms with van der Waals surface area (Å²) in [4.78, 5) is 0. The summed E-state index contributed by atoms with van der Waals surface area (Å²) in [6.07, 6.45) is -1.13. The van der Waals surface area contributed by atoms with Gasteiger partial charge < -0.3 is 5.11 Å². The van der Waals surface area contributed by atoms with Crippen molar-refractivity contribution in [3.8, 4) is 0 Å². The molecule has 102 valence electrons. The number of benzene rings is 1. The van der Waals surface area contributed by atoms with Crippen molar-refractivity contribution in [1.29, 1.82) is 0 Å². The third-order valence-corrected chi connectivity index (χ3v) is 3.43. The van der Waals surface area contributed by atoms with Crippen molar-refractivity contribution < 1.29 is 13.9 Å². The minimum atomic E-state index is -1.13. The number of aromatic nitrogens is 2. The summed E-state index contributed by atoms with van der Waals surface area (Å²) in [7, 11) is 0. The second-order valence-corrected chi connectivity index (χ2v) is 4.64. The highest BCUT2D eigenvalue weighted by Gasteiger charge is 2.18. The number of rotatable bonds is 3. The van der Waals surface area contributed by atoms with Gasteiger partial charge in [-0.15, -0.1) is 0 Å². The summed E-state index contributed by atoms with van der Waals surface area (Å²) in [5, 5.41) is 14.3. The number of aryl methyl sites for hydroxylation is 1. The molecule has 0 aliphatic heterocycles. The molecule has 1 unspecified atom stereocenters. The van der Waals surface area contributed by atoms with Crippen LogP contribution in [0.5, 0.6) is 0 Å². The van der Waals surface area contributed by atoms with Gasteiger partial charge in [-0.05, 0) is 32.4 Å². The van der Waals surface area contributed by atoms with Gasteiger partial charge in [0.2, 0.25) is 0 Å². The lowest BCUT2D eigenvalue weighted by Gasteiger charge is -2.13. The molecule has 0 amide bonds. The summed E-state index contributed by atoms with van der Waals surface area (Å²) in [5.74, 6) is -1.96. The molecule has 0 saturated carbocycles. The molecule has 1 N–H and O–H groups in total. The third-order valence-electron chi connectivity index (χ3n) is 3.43. The zero-order chi connectivity index (χ0) is 14.2. The van der Waals surface area contributed by atoms with Crippen LogP contribution in [0.15, 0.2) is 18.2 Å². The number of nitrogens with zero attached hydrogens (tertiary/aromatic N) is 2. The average molecular weight is 266 g/mol. The first-order valence-corrected chi connectivity index (χ1v) is 6.04. The molecule has 0 aliphatic rings. The second kappa shape index (κ2) is 5.09. The number of hydrogen-bond acceptors (Lipinski definition) is 2. The maximum Gasteiger partial charge on any atom is 0.164 e. The average Bonchev–Trinajstić information content (AvgIpc) is 2.60. The van der Waals surface area contributed by atoms with Crippen LogP contribution in [0, 0.1) is 32.4 Å². The first kappa shape index (κ1) is 13.7. The van der Waals surface area contributed by atoms with Crippen molar-refractivity contribution in [1.82, 2.24) is 9.78 Å². The molecule has 0 fully saturated rings. The van der Waals surface area contributed by atoms with Crippen molar-refractivity contribution in [3.05, 3.63) is 52.3 Å². The lowest BCUT2D eigenvalue weighted by atomic mass is 10.1. The van der Waals surface area contributed by atoms with Crippen LogP contribution in [0.2, 0.25) is 0 Å². The van der Waals surface area contributed by atoms with E-state index in [4.69, 9.17) is 0 Å². The minimum absolute atomic E-state index is 0.0507. The normalized spacial score (nSPS) is 12.7. The Morgan fingerprint density at radius 3 is 2.53 bits per heavy atom. The number of aliphatic hydroxyl groups excluding tert-OH is 1. The summed E-state index contributed by atoms with van der Waals surface area (Å²) in [6, 6.07) is 3.78. The lowest BCUT2D eigenvalue weighted by molar-refractivity contribution is 0.145. The molecule has 2 aromatic rings. The summed E-state index contributed by atoms with van der Waals surface area (Å²) in [6.45, 7) is 5.78. The van der Waals surface area contributed by atoms with Crippen molar-refractivity contribution in [2.45, 2.75) is 33.4 Å². The monoisotopic (exact) mass is 266 g/mol. The fraction of sp³-hybridized carbons (Fsp3) is 0.357. The molecule has 0 saturated heterocycles. The highest BCUT2D eigenvalue weighted by molar-refractivity contribution is 5.24. The molecule has 5 heteroatoms. The van der Waals surface area contributed by atoms with E-state index in [0.717, 1.165) is 23.0 Å². The molecule has 0 radical (unpaired) electrons. The summed E-state index contributed by atoms with van der Waals surface area (Å²) in [5.41, 5.74) is 2.76. The van der Waals surface area contributed by atoms with Crippen LogP contribution in [0.25, 0.3) is 0 Å². The molecule has 0 aliphatic carbocycles. The molecule has 3 nitrogen and oxygen atoms in total. The van der Waals surface area contributed by atoms with Crippen LogP contribution in [-0.2, 0) is 6.54 Å². The van der Waals surface area contributed by atoms with Crippen LogP contribution in [0.4, 0.5) is 8.78 Å². The van der Waals surface area contributed by atoms with Crippen LogP contribution >= 0.6 is 0 Å². The van der Waals surface area contributed by atoms with Crippen LogP contribution in [-0.4, -0.2) is 14.9 Å². The Bertz CT molecular complexity index is 608. The predicted octanol–water partition coefficient (Wildman–Crippen LogP) is 2.82. The Balaban J connectivity index is 2.28. The fourth-order valence-electron chi connectivity index (χ4n) is 2.00. The zero-order valence-electron chi connectivity index (χ0n) is 11.1. The lowest BCUT2D eigenvalue weighted by Crippen LogP contribution is -2.13. The Morgan fingerprint density at radius 2 is 1.95 bits per heavy atom. The quantitative estimate of drug-likeness (QED) is 0.927. The standard InChI is InChI=1S/C14H16F2N2O/c1-8-9(2)17-18(10(8)3)7-13(19)11-5-4-6-12(15)14(11)16/h4-6,13,19H,7H2,1-3H3. The van der Waals surface area contributed by atoms with Crippen molar-refractivity contribution in [2.75, 3.05) is 0 Å². The van der Waals surface area contributed by atoms with E-state index in [1.54, 1.807) is 4.68 Å². The van der Waals surface area contributed by atoms with E-state index in [9.17, 15) is 13.9 Å². The molecule has 19 heavy (non-hydrogen) atoms. The van der Waals surface area contributed by atoms with Gasteiger partial charge in [0.25, 0.3) is 0 Å². The zero-order valence-corrected chi connectivity index (χ0v) is 11.1. The fourth-order valence-corrected chi connectivity index (χ4v) is 2.00. The van der Waals surface area contributed by atoms with E-state index in [1.807, 2.05) is 20.8 Å². The Kier molecular flexibility index (Phi) is 3.66. The maximum absolute atomic E-state index is 13.6. The molecule has 1 atom stereocenters. The maximum atomic E-state index is 13.6. The first-order chi connectivity index (χ1) is 8.91. The highest BCUT2D eigenvalue weighted by atomic mass is 19.2. The van der Waals surface area contributed by atoms with Gasteiger partial charge in [0.15, 0.2) is 11.6 Å². The Hall–Kier alpha value is -1.75. The van der Waals surface area contributed by atoms with Gasteiger partial charge in [0.1, 0.15) is 6.10 Å². The largest absolute Gasteiger partial charge is 0.386 e. The highest BCUT2D eigenvalue weighted by Crippen LogP contribution is 2.22. The van der Waals surface area contributed by atoms with Gasteiger partial charge in [0, 0.05) is 11.3 Å². The minimum Gasteiger partial charge on any atom is -0.386 e. The SMILES string of the molecule is Cc1nn(CC(O)c2cccc(F)c2F)c(C)c1C. The van der Waals surface area contributed by atoms with Crippen molar-refractivity contribution >= 4 is 0 Å². The van der Waals surface area contributed by atoms with Gasteiger partial charge in [-0.1, -0.05) is 12.1 Å². The van der Waals surface area contributed by atoms with Crippen molar-refractivity contribution in [3.63, 3.8) is 0 Å². The molecule has 1 aromatic carbocycles. The van der Waals surface area contributed by atoms with E-state index < -0.39 is 17.7 Å². The molecule has 1 heterocycles. The van der Waals surface area contributed by atoms with Gasteiger partial charge >= 0.3 is 0 Å². The van der Waals surface area contributed by atoms with Crippen LogP contribution in [0.1, 0.15) is 28.6 Å². The van der Waals surface area contributed by atoms with E-state index in [2.05, 4.69) is 5.10 Å². The van der Waals surface area contributed by atoms with E-state index in [1.165, 1.54) is 12.1 Å². The van der Waals surface area contributed by atoms with Gasteiger partial charge in [0.05, 0.1) is 12.2 Å². The predicted molar refractivity (Wildman–Crippen MR) is 67.8 cm³/mol. The number of aliphatic hydroxyl groups is 1. The topological polar surface area (TPSA) is 38.0 Å². The summed E-state index contributed by atoms with van der Waals surface area (Å²) < 4.78 is 28.3. The van der Waals surface area contributed by atoms with Gasteiger partial charge in [-0.3, -0.25) is 4.68 Å².